The van der Waals surface area contributed by atoms with Crippen LogP contribution in [0.5, 0.6) is 11.5 Å². The van der Waals surface area contributed by atoms with Crippen LogP contribution in [-0.4, -0.2) is 50.0 Å². The van der Waals surface area contributed by atoms with Crippen LogP contribution in [0.15, 0.2) is 18.2 Å². The molecule has 1 aromatic rings. The SMILES string of the molecule is COc1c(OC2CCN(C)CC2)cccc1C(C)CO. The molecule has 1 aliphatic heterocycles. The van der Waals surface area contributed by atoms with Gasteiger partial charge in [-0.25, -0.2) is 0 Å². The first-order valence-electron chi connectivity index (χ1n) is 7.28. The second-order valence-electron chi connectivity index (χ2n) is 5.58. The van der Waals surface area contributed by atoms with Crippen LogP contribution in [0, 0.1) is 0 Å². The third-order valence-corrected chi connectivity index (χ3v) is 3.98. The summed E-state index contributed by atoms with van der Waals surface area (Å²) >= 11 is 0. The average molecular weight is 279 g/mol. The summed E-state index contributed by atoms with van der Waals surface area (Å²) in [4.78, 5) is 2.32. The van der Waals surface area contributed by atoms with E-state index in [0.717, 1.165) is 43.0 Å². The summed E-state index contributed by atoms with van der Waals surface area (Å²) in [5.74, 6) is 1.60. The Morgan fingerprint density at radius 1 is 1.35 bits per heavy atom. The van der Waals surface area contributed by atoms with Gasteiger partial charge < -0.3 is 19.5 Å². The molecule has 1 unspecified atom stereocenters. The first kappa shape index (κ1) is 15.1. The maximum absolute atomic E-state index is 9.35. The third-order valence-electron chi connectivity index (χ3n) is 3.98. The number of methoxy groups -OCH3 is 1. The number of aliphatic hydroxyl groups excluding tert-OH is 1. The molecule has 20 heavy (non-hydrogen) atoms. The van der Waals surface area contributed by atoms with E-state index in [2.05, 4.69) is 11.9 Å². The molecule has 0 bridgehead atoms. The minimum atomic E-state index is 0.0472. The Bertz CT molecular complexity index is 428. The standard InChI is InChI=1S/C16H25NO3/c1-12(11-18)14-5-4-6-15(16(14)19-3)20-13-7-9-17(2)10-8-13/h4-6,12-13,18H,7-11H2,1-3H3. The van der Waals surface area contributed by atoms with Gasteiger partial charge in [0.05, 0.1) is 7.11 Å². The summed E-state index contributed by atoms with van der Waals surface area (Å²) in [6.45, 7) is 4.23. The van der Waals surface area contributed by atoms with E-state index in [1.54, 1.807) is 7.11 Å². The molecule has 1 atom stereocenters. The van der Waals surface area contributed by atoms with Crippen molar-refractivity contribution in [3.8, 4) is 11.5 Å². The van der Waals surface area contributed by atoms with E-state index < -0.39 is 0 Å². The van der Waals surface area contributed by atoms with Crippen LogP contribution in [0.25, 0.3) is 0 Å². The molecule has 112 valence electrons. The van der Waals surface area contributed by atoms with Crippen molar-refractivity contribution in [1.82, 2.24) is 4.90 Å². The number of likely N-dealkylation sites (tertiary alicyclic amines) is 1. The van der Waals surface area contributed by atoms with Crippen LogP contribution in [-0.2, 0) is 0 Å². The first-order chi connectivity index (χ1) is 9.65. The summed E-state index contributed by atoms with van der Waals surface area (Å²) in [7, 11) is 3.80. The van der Waals surface area contributed by atoms with Gasteiger partial charge in [0, 0.05) is 31.2 Å². The summed E-state index contributed by atoms with van der Waals surface area (Å²) in [6, 6.07) is 5.90. The van der Waals surface area contributed by atoms with Gasteiger partial charge in [0.25, 0.3) is 0 Å². The van der Waals surface area contributed by atoms with Gasteiger partial charge in [-0.15, -0.1) is 0 Å². The smallest absolute Gasteiger partial charge is 0.164 e. The van der Waals surface area contributed by atoms with Gasteiger partial charge in [0.1, 0.15) is 6.10 Å². The van der Waals surface area contributed by atoms with Crippen LogP contribution in [0.4, 0.5) is 0 Å². The van der Waals surface area contributed by atoms with Crippen molar-refractivity contribution in [1.29, 1.82) is 0 Å². The molecule has 1 heterocycles. The first-order valence-corrected chi connectivity index (χ1v) is 7.28. The Labute approximate surface area is 121 Å². The molecule has 1 N–H and O–H groups in total. The van der Waals surface area contributed by atoms with Crippen molar-refractivity contribution in [2.45, 2.75) is 31.8 Å². The lowest BCUT2D eigenvalue weighted by molar-refractivity contribution is 0.111. The van der Waals surface area contributed by atoms with Crippen molar-refractivity contribution < 1.29 is 14.6 Å². The molecule has 0 saturated carbocycles. The Morgan fingerprint density at radius 3 is 2.65 bits per heavy atom. The van der Waals surface area contributed by atoms with E-state index in [-0.39, 0.29) is 18.6 Å². The molecule has 1 aliphatic rings. The quantitative estimate of drug-likeness (QED) is 0.898. The highest BCUT2D eigenvalue weighted by molar-refractivity contribution is 5.48. The van der Waals surface area contributed by atoms with Gasteiger partial charge in [0.2, 0.25) is 0 Å². The van der Waals surface area contributed by atoms with Gasteiger partial charge in [-0.2, -0.15) is 0 Å². The maximum Gasteiger partial charge on any atom is 0.164 e. The predicted octanol–water partition coefficient (Wildman–Crippen LogP) is 2.26. The fraction of sp³-hybridized carbons (Fsp3) is 0.625. The predicted molar refractivity (Wildman–Crippen MR) is 79.6 cm³/mol. The van der Waals surface area contributed by atoms with E-state index in [1.807, 2.05) is 25.1 Å². The number of ether oxygens (including phenoxy) is 2. The zero-order valence-corrected chi connectivity index (χ0v) is 12.6. The second kappa shape index (κ2) is 6.95. The molecule has 1 fully saturated rings. The van der Waals surface area contributed by atoms with Gasteiger partial charge >= 0.3 is 0 Å². The number of benzene rings is 1. The van der Waals surface area contributed by atoms with Crippen LogP contribution >= 0.6 is 0 Å². The molecule has 1 saturated heterocycles. The van der Waals surface area contributed by atoms with Crippen LogP contribution in [0.1, 0.15) is 31.2 Å². The fourth-order valence-corrected chi connectivity index (χ4v) is 2.61. The number of hydrogen-bond acceptors (Lipinski definition) is 4. The molecular weight excluding hydrogens is 254 g/mol. The number of aliphatic hydroxyl groups is 1. The van der Waals surface area contributed by atoms with E-state index in [4.69, 9.17) is 9.47 Å². The average Bonchev–Trinajstić information content (AvgIpc) is 2.48. The molecule has 0 amide bonds. The summed E-state index contributed by atoms with van der Waals surface area (Å²) in [6.07, 6.45) is 2.33. The minimum absolute atomic E-state index is 0.0472. The molecule has 0 aromatic heterocycles. The molecule has 0 spiro atoms. The van der Waals surface area contributed by atoms with Crippen molar-refractivity contribution in [2.24, 2.45) is 0 Å². The van der Waals surface area contributed by atoms with Gasteiger partial charge in [-0.05, 0) is 26.0 Å². The van der Waals surface area contributed by atoms with Crippen LogP contribution in [0.2, 0.25) is 0 Å². The highest BCUT2D eigenvalue weighted by atomic mass is 16.5. The molecular formula is C16H25NO3. The molecule has 4 nitrogen and oxygen atoms in total. The summed E-state index contributed by atoms with van der Waals surface area (Å²) < 4.78 is 11.6. The lowest BCUT2D eigenvalue weighted by Crippen LogP contribution is -2.35. The van der Waals surface area contributed by atoms with Crippen molar-refractivity contribution in [3.05, 3.63) is 23.8 Å². The Balaban J connectivity index is 2.14. The van der Waals surface area contributed by atoms with Gasteiger partial charge in [0.15, 0.2) is 11.5 Å². The van der Waals surface area contributed by atoms with E-state index >= 15 is 0 Å². The van der Waals surface area contributed by atoms with E-state index in [9.17, 15) is 5.11 Å². The monoisotopic (exact) mass is 279 g/mol. The summed E-state index contributed by atoms with van der Waals surface area (Å²) in [5, 5.41) is 9.35. The van der Waals surface area contributed by atoms with Crippen LogP contribution < -0.4 is 9.47 Å². The lowest BCUT2D eigenvalue weighted by Gasteiger charge is -2.30. The Kier molecular flexibility index (Phi) is 5.26. The van der Waals surface area contributed by atoms with Crippen LogP contribution in [0.3, 0.4) is 0 Å². The fourth-order valence-electron chi connectivity index (χ4n) is 2.61. The van der Waals surface area contributed by atoms with Crippen molar-refractivity contribution >= 4 is 0 Å². The number of piperidine rings is 1. The number of hydrogen-bond donors (Lipinski definition) is 1. The Hall–Kier alpha value is -1.26. The number of rotatable bonds is 5. The zero-order chi connectivity index (χ0) is 14.5. The van der Waals surface area contributed by atoms with Crippen molar-refractivity contribution in [2.75, 3.05) is 33.9 Å². The van der Waals surface area contributed by atoms with Crippen molar-refractivity contribution in [3.63, 3.8) is 0 Å². The third kappa shape index (κ3) is 3.44. The highest BCUT2D eigenvalue weighted by Gasteiger charge is 2.21. The molecule has 4 heteroatoms. The molecule has 1 aromatic carbocycles. The maximum atomic E-state index is 9.35. The normalized spacial score (nSPS) is 18.8. The van der Waals surface area contributed by atoms with Gasteiger partial charge in [-0.1, -0.05) is 19.1 Å². The van der Waals surface area contributed by atoms with E-state index in [1.165, 1.54) is 0 Å². The van der Waals surface area contributed by atoms with Gasteiger partial charge in [-0.3, -0.25) is 0 Å². The largest absolute Gasteiger partial charge is 0.493 e. The number of para-hydroxylation sites is 1. The molecule has 2 rings (SSSR count). The summed E-state index contributed by atoms with van der Waals surface area (Å²) in [5.41, 5.74) is 1.00. The topological polar surface area (TPSA) is 41.9 Å². The molecule has 0 aliphatic carbocycles. The van der Waals surface area contributed by atoms with E-state index in [0.29, 0.717) is 0 Å². The Morgan fingerprint density at radius 2 is 2.05 bits per heavy atom. The second-order valence-corrected chi connectivity index (χ2v) is 5.58. The number of nitrogens with zero attached hydrogens (tertiary/aromatic N) is 1. The zero-order valence-electron chi connectivity index (χ0n) is 12.6. The lowest BCUT2D eigenvalue weighted by atomic mass is 10.0. The highest BCUT2D eigenvalue weighted by Crippen LogP contribution is 2.36. The molecule has 0 radical (unpaired) electrons. The minimum Gasteiger partial charge on any atom is -0.493 e.